The Labute approximate surface area is 182 Å². The second kappa shape index (κ2) is 10.2. The molecule has 0 radical (unpaired) electrons. The van der Waals surface area contributed by atoms with Crippen molar-refractivity contribution >= 4 is 40.9 Å². The molecule has 0 aliphatic carbocycles. The summed E-state index contributed by atoms with van der Waals surface area (Å²) in [5.74, 6) is -0.684. The molecule has 0 spiro atoms. The second-order valence-electron chi connectivity index (χ2n) is 6.15. The first-order chi connectivity index (χ1) is 14.5. The predicted octanol–water partition coefficient (Wildman–Crippen LogP) is 3.75. The van der Waals surface area contributed by atoms with Gasteiger partial charge in [0.25, 0.3) is 5.91 Å². The highest BCUT2D eigenvalue weighted by molar-refractivity contribution is 7.99. The molecule has 3 aromatic rings. The number of nitrogens with zero attached hydrogens (tertiary/aromatic N) is 3. The lowest BCUT2D eigenvalue weighted by molar-refractivity contribution is -0.113. The molecule has 0 fully saturated rings. The summed E-state index contributed by atoms with van der Waals surface area (Å²) in [7, 11) is 0. The molecule has 1 aromatic heterocycles. The van der Waals surface area contributed by atoms with Crippen molar-refractivity contribution in [3.8, 4) is 0 Å². The fraction of sp³-hybridized carbons (Fsp3) is 0.200. The van der Waals surface area contributed by atoms with E-state index in [1.807, 2.05) is 6.92 Å². The van der Waals surface area contributed by atoms with Gasteiger partial charge in [-0.3, -0.25) is 9.59 Å². The summed E-state index contributed by atoms with van der Waals surface area (Å²) in [6, 6.07) is 12.6. The van der Waals surface area contributed by atoms with Crippen molar-refractivity contribution in [1.29, 1.82) is 0 Å². The number of nitrogens with one attached hydrogen (secondary N) is 2. The van der Waals surface area contributed by atoms with E-state index >= 15 is 0 Å². The Morgan fingerprint density at radius 1 is 1.17 bits per heavy atom. The van der Waals surface area contributed by atoms with Crippen LogP contribution in [0.3, 0.4) is 0 Å². The quantitative estimate of drug-likeness (QED) is 0.513. The standard InChI is InChI=1S/C20H19ClFN5O2S/c1-2-27-17(11-23-19(29)15-8-3-4-9-16(15)22)25-26-20(27)30-12-18(28)24-14-7-5-6-13(21)10-14/h3-10H,2,11-12H2,1H3,(H,23,29)(H,24,28). The molecule has 30 heavy (non-hydrogen) atoms. The summed E-state index contributed by atoms with van der Waals surface area (Å²) in [5, 5.41) is 14.7. The first-order valence-corrected chi connectivity index (χ1v) is 10.5. The molecule has 7 nitrogen and oxygen atoms in total. The van der Waals surface area contributed by atoms with Gasteiger partial charge in [0.2, 0.25) is 5.91 Å². The molecule has 2 N–H and O–H groups in total. The average Bonchev–Trinajstić information content (AvgIpc) is 3.12. The largest absolute Gasteiger partial charge is 0.345 e. The summed E-state index contributed by atoms with van der Waals surface area (Å²) in [6.07, 6.45) is 0. The first kappa shape index (κ1) is 21.8. The lowest BCUT2D eigenvalue weighted by Crippen LogP contribution is -2.25. The van der Waals surface area contributed by atoms with Gasteiger partial charge in [0.05, 0.1) is 17.9 Å². The third-order valence-corrected chi connectivity index (χ3v) is 5.28. The molecular weight excluding hydrogens is 429 g/mol. The predicted molar refractivity (Wildman–Crippen MR) is 114 cm³/mol. The number of hydrogen-bond donors (Lipinski definition) is 2. The number of halogens is 2. The fourth-order valence-electron chi connectivity index (χ4n) is 2.67. The van der Waals surface area contributed by atoms with Crippen LogP contribution in [0.2, 0.25) is 5.02 Å². The van der Waals surface area contributed by atoms with Gasteiger partial charge in [-0.2, -0.15) is 0 Å². The maximum atomic E-state index is 13.7. The van der Waals surface area contributed by atoms with Gasteiger partial charge in [-0.1, -0.05) is 41.6 Å². The Balaban J connectivity index is 1.58. The summed E-state index contributed by atoms with van der Waals surface area (Å²) in [4.78, 5) is 24.4. The second-order valence-corrected chi connectivity index (χ2v) is 7.53. The molecule has 2 aromatic carbocycles. The zero-order chi connectivity index (χ0) is 21.5. The van der Waals surface area contributed by atoms with Crippen LogP contribution in [0.1, 0.15) is 23.1 Å². The molecule has 0 saturated carbocycles. The van der Waals surface area contributed by atoms with E-state index in [1.54, 1.807) is 34.9 Å². The summed E-state index contributed by atoms with van der Waals surface area (Å²) < 4.78 is 15.5. The number of benzene rings is 2. The van der Waals surface area contributed by atoms with Crippen molar-refractivity contribution in [3.63, 3.8) is 0 Å². The van der Waals surface area contributed by atoms with Crippen molar-refractivity contribution in [2.24, 2.45) is 0 Å². The Morgan fingerprint density at radius 3 is 2.70 bits per heavy atom. The minimum Gasteiger partial charge on any atom is -0.345 e. The van der Waals surface area contributed by atoms with Gasteiger partial charge in [-0.15, -0.1) is 10.2 Å². The Morgan fingerprint density at radius 2 is 1.97 bits per heavy atom. The van der Waals surface area contributed by atoms with E-state index in [4.69, 9.17) is 11.6 Å². The monoisotopic (exact) mass is 447 g/mol. The lowest BCUT2D eigenvalue weighted by Gasteiger charge is -2.09. The van der Waals surface area contributed by atoms with Gasteiger partial charge >= 0.3 is 0 Å². The Kier molecular flexibility index (Phi) is 7.42. The molecule has 2 amide bonds. The number of thioether (sulfide) groups is 1. The number of carbonyl (C=O) groups is 2. The molecule has 0 bridgehead atoms. The maximum absolute atomic E-state index is 13.7. The van der Waals surface area contributed by atoms with Crippen LogP contribution in [0.5, 0.6) is 0 Å². The Hall–Kier alpha value is -2.91. The lowest BCUT2D eigenvalue weighted by atomic mass is 10.2. The minimum atomic E-state index is -0.589. The van der Waals surface area contributed by atoms with Gasteiger partial charge < -0.3 is 15.2 Å². The topological polar surface area (TPSA) is 88.9 Å². The minimum absolute atomic E-state index is 0.0349. The van der Waals surface area contributed by atoms with Crippen LogP contribution in [0.4, 0.5) is 10.1 Å². The van der Waals surface area contributed by atoms with E-state index in [1.165, 1.54) is 30.0 Å². The number of rotatable bonds is 8. The number of aromatic nitrogens is 3. The summed E-state index contributed by atoms with van der Waals surface area (Å²) in [6.45, 7) is 2.54. The molecule has 10 heteroatoms. The van der Waals surface area contributed by atoms with Gasteiger partial charge in [0.1, 0.15) is 5.82 Å². The zero-order valence-electron chi connectivity index (χ0n) is 16.1. The van der Waals surface area contributed by atoms with E-state index in [-0.39, 0.29) is 23.8 Å². The van der Waals surface area contributed by atoms with E-state index in [2.05, 4.69) is 20.8 Å². The van der Waals surface area contributed by atoms with Crippen molar-refractivity contribution < 1.29 is 14.0 Å². The van der Waals surface area contributed by atoms with Crippen LogP contribution in [-0.4, -0.2) is 32.3 Å². The Bertz CT molecular complexity index is 1060. The fourth-order valence-corrected chi connectivity index (χ4v) is 3.68. The van der Waals surface area contributed by atoms with Crippen LogP contribution in [0, 0.1) is 5.82 Å². The van der Waals surface area contributed by atoms with Gasteiger partial charge in [-0.25, -0.2) is 4.39 Å². The van der Waals surface area contributed by atoms with Crippen LogP contribution in [-0.2, 0) is 17.9 Å². The number of carbonyl (C=O) groups excluding carboxylic acids is 2. The van der Waals surface area contributed by atoms with Gasteiger partial charge in [0, 0.05) is 17.3 Å². The highest BCUT2D eigenvalue weighted by Gasteiger charge is 2.16. The van der Waals surface area contributed by atoms with Crippen LogP contribution in [0.15, 0.2) is 53.7 Å². The van der Waals surface area contributed by atoms with E-state index in [0.29, 0.717) is 28.2 Å². The molecule has 0 saturated heterocycles. The molecule has 0 aliphatic rings. The van der Waals surface area contributed by atoms with E-state index < -0.39 is 11.7 Å². The average molecular weight is 448 g/mol. The highest BCUT2D eigenvalue weighted by atomic mass is 35.5. The SMILES string of the molecule is CCn1c(CNC(=O)c2ccccc2F)nnc1SCC(=O)Nc1cccc(Cl)c1. The molecule has 0 aliphatic heterocycles. The molecule has 156 valence electrons. The van der Waals surface area contributed by atoms with Gasteiger partial charge in [-0.05, 0) is 37.3 Å². The zero-order valence-corrected chi connectivity index (χ0v) is 17.6. The smallest absolute Gasteiger partial charge is 0.254 e. The van der Waals surface area contributed by atoms with Crippen molar-refractivity contribution in [3.05, 3.63) is 70.8 Å². The van der Waals surface area contributed by atoms with Crippen molar-refractivity contribution in [2.75, 3.05) is 11.1 Å². The van der Waals surface area contributed by atoms with Crippen LogP contribution >= 0.6 is 23.4 Å². The van der Waals surface area contributed by atoms with Crippen LogP contribution < -0.4 is 10.6 Å². The van der Waals surface area contributed by atoms with E-state index in [9.17, 15) is 14.0 Å². The molecule has 0 atom stereocenters. The molecule has 0 unspecified atom stereocenters. The molecular formula is C20H19ClFN5O2S. The summed E-state index contributed by atoms with van der Waals surface area (Å²) in [5.41, 5.74) is 0.578. The summed E-state index contributed by atoms with van der Waals surface area (Å²) >= 11 is 7.14. The van der Waals surface area contributed by atoms with Crippen molar-refractivity contribution in [2.45, 2.75) is 25.2 Å². The van der Waals surface area contributed by atoms with Gasteiger partial charge in [0.15, 0.2) is 11.0 Å². The third kappa shape index (κ3) is 5.58. The first-order valence-electron chi connectivity index (χ1n) is 9.11. The van der Waals surface area contributed by atoms with E-state index in [0.717, 1.165) is 0 Å². The van der Waals surface area contributed by atoms with Crippen LogP contribution in [0.25, 0.3) is 0 Å². The molecule has 3 rings (SSSR count). The number of amides is 2. The number of hydrogen-bond acceptors (Lipinski definition) is 5. The van der Waals surface area contributed by atoms with Crippen molar-refractivity contribution in [1.82, 2.24) is 20.1 Å². The normalized spacial score (nSPS) is 10.6. The third-order valence-electron chi connectivity index (χ3n) is 4.08. The maximum Gasteiger partial charge on any atom is 0.254 e. The number of anilines is 1. The molecule has 1 heterocycles. The highest BCUT2D eigenvalue weighted by Crippen LogP contribution is 2.19.